The molecule has 0 aliphatic carbocycles. The van der Waals surface area contributed by atoms with Crippen molar-refractivity contribution in [1.29, 1.82) is 0 Å². The van der Waals surface area contributed by atoms with E-state index in [4.69, 9.17) is 0 Å². The standard InChI is InChI=1S/C72H48N2/c1-3-15-49(16-4-1)51-27-37-57(38-28-51)73(71-47-69-61-21-9-7-19-55(61)35-45-65(69)63-23-11-13-25-67(63)71)59-41-31-53(32-42-59)54-33-43-60(44-34-54)74(58-39-29-52(30-40-58)50-17-5-2-6-18-50)72-48-70-62-22-10-8-20-56(62)36-46-66(70)64-24-12-14-26-68(64)72/h1-48H. The van der Waals surface area contributed by atoms with Crippen molar-refractivity contribution in [3.8, 4) is 33.4 Å². The lowest BCUT2D eigenvalue weighted by Crippen LogP contribution is -2.11. The van der Waals surface area contributed by atoms with Crippen LogP contribution in [0.15, 0.2) is 291 Å². The molecule has 0 heterocycles. The predicted octanol–water partition coefficient (Wildman–Crippen LogP) is 20.5. The maximum Gasteiger partial charge on any atom is 0.0546 e. The molecule has 0 atom stereocenters. The van der Waals surface area contributed by atoms with Crippen LogP contribution in [0, 0.1) is 0 Å². The van der Waals surface area contributed by atoms with Crippen molar-refractivity contribution < 1.29 is 0 Å². The first-order chi connectivity index (χ1) is 36.7. The number of nitrogens with zero attached hydrogens (tertiary/aromatic N) is 2. The lowest BCUT2D eigenvalue weighted by atomic mass is 9.94. The molecule has 0 aliphatic heterocycles. The van der Waals surface area contributed by atoms with Crippen molar-refractivity contribution in [2.24, 2.45) is 0 Å². The van der Waals surface area contributed by atoms with Gasteiger partial charge in [-0.15, -0.1) is 0 Å². The highest BCUT2D eigenvalue weighted by atomic mass is 15.1. The second kappa shape index (κ2) is 18.1. The zero-order chi connectivity index (χ0) is 49.0. The van der Waals surface area contributed by atoms with E-state index in [1.54, 1.807) is 0 Å². The molecule has 14 aromatic carbocycles. The molecule has 0 radical (unpaired) electrons. The van der Waals surface area contributed by atoms with Crippen LogP contribution in [0.3, 0.4) is 0 Å². The number of fused-ring (bicyclic) bond motifs is 10. The Morgan fingerprint density at radius 2 is 0.419 bits per heavy atom. The van der Waals surface area contributed by atoms with Crippen molar-refractivity contribution in [1.82, 2.24) is 0 Å². The van der Waals surface area contributed by atoms with Gasteiger partial charge in [0.05, 0.1) is 11.4 Å². The Morgan fingerprint density at radius 3 is 0.757 bits per heavy atom. The maximum atomic E-state index is 2.43. The Balaban J connectivity index is 0.887. The Labute approximate surface area is 430 Å². The largest absolute Gasteiger partial charge is 0.310 e. The monoisotopic (exact) mass is 940 g/mol. The molecule has 2 heteroatoms. The summed E-state index contributed by atoms with van der Waals surface area (Å²) in [5.74, 6) is 0. The molecule has 0 unspecified atom stereocenters. The fraction of sp³-hybridized carbons (Fsp3) is 0. The van der Waals surface area contributed by atoms with Gasteiger partial charge in [-0.05, 0) is 148 Å². The average molecular weight is 941 g/mol. The van der Waals surface area contributed by atoms with Crippen LogP contribution in [0.4, 0.5) is 34.1 Å². The minimum absolute atomic E-state index is 1.09. The Bertz CT molecular complexity index is 4090. The van der Waals surface area contributed by atoms with Crippen LogP contribution in [0.2, 0.25) is 0 Å². The Kier molecular flexibility index (Phi) is 10.6. The first-order valence-corrected chi connectivity index (χ1v) is 25.5. The summed E-state index contributed by atoms with van der Waals surface area (Å²) in [5.41, 5.74) is 13.7. The molecule has 0 saturated heterocycles. The van der Waals surface area contributed by atoms with E-state index in [2.05, 4.69) is 301 Å². The molecule has 0 aliphatic rings. The summed E-state index contributed by atoms with van der Waals surface area (Å²) in [6.07, 6.45) is 0. The third kappa shape index (κ3) is 7.52. The molecule has 14 rings (SSSR count). The van der Waals surface area contributed by atoms with Crippen molar-refractivity contribution >= 4 is 98.8 Å². The Morgan fingerprint density at radius 1 is 0.162 bits per heavy atom. The van der Waals surface area contributed by atoms with Crippen LogP contribution in [0.1, 0.15) is 0 Å². The summed E-state index contributed by atoms with van der Waals surface area (Å²) in [6.45, 7) is 0. The van der Waals surface area contributed by atoms with Crippen LogP contribution in [-0.2, 0) is 0 Å². The van der Waals surface area contributed by atoms with Gasteiger partial charge in [0, 0.05) is 33.5 Å². The summed E-state index contributed by atoms with van der Waals surface area (Å²) in [4.78, 5) is 4.87. The average Bonchev–Trinajstić information content (AvgIpc) is 3.48. The first-order valence-electron chi connectivity index (χ1n) is 25.5. The number of hydrogen-bond acceptors (Lipinski definition) is 2. The third-order valence-electron chi connectivity index (χ3n) is 15.0. The smallest absolute Gasteiger partial charge is 0.0546 e. The van der Waals surface area contributed by atoms with E-state index >= 15 is 0 Å². The minimum Gasteiger partial charge on any atom is -0.310 e. The van der Waals surface area contributed by atoms with Gasteiger partial charge in [0.1, 0.15) is 0 Å². The van der Waals surface area contributed by atoms with Gasteiger partial charge in [0.15, 0.2) is 0 Å². The molecule has 14 aromatic rings. The van der Waals surface area contributed by atoms with Gasteiger partial charge >= 0.3 is 0 Å². The van der Waals surface area contributed by atoms with Gasteiger partial charge in [0.2, 0.25) is 0 Å². The second-order valence-electron chi connectivity index (χ2n) is 19.2. The van der Waals surface area contributed by atoms with Crippen LogP contribution in [-0.4, -0.2) is 0 Å². The van der Waals surface area contributed by atoms with E-state index in [-0.39, 0.29) is 0 Å². The lowest BCUT2D eigenvalue weighted by Gasteiger charge is -2.28. The van der Waals surface area contributed by atoms with Crippen molar-refractivity contribution in [2.75, 3.05) is 9.80 Å². The fourth-order valence-corrected chi connectivity index (χ4v) is 11.4. The predicted molar refractivity (Wildman–Crippen MR) is 317 cm³/mol. The molecule has 346 valence electrons. The summed E-state index contributed by atoms with van der Waals surface area (Å²) < 4.78 is 0. The fourth-order valence-electron chi connectivity index (χ4n) is 11.4. The lowest BCUT2D eigenvalue weighted by molar-refractivity contribution is 1.30. The summed E-state index contributed by atoms with van der Waals surface area (Å²) >= 11 is 0. The van der Waals surface area contributed by atoms with Crippen LogP contribution in [0.5, 0.6) is 0 Å². The number of hydrogen-bond donors (Lipinski definition) is 0. The van der Waals surface area contributed by atoms with Crippen LogP contribution >= 0.6 is 0 Å². The highest BCUT2D eigenvalue weighted by molar-refractivity contribution is 6.23. The van der Waals surface area contributed by atoms with E-state index in [0.29, 0.717) is 0 Å². The van der Waals surface area contributed by atoms with Gasteiger partial charge in [-0.25, -0.2) is 0 Å². The van der Waals surface area contributed by atoms with Gasteiger partial charge in [-0.3, -0.25) is 0 Å². The van der Waals surface area contributed by atoms with E-state index in [1.807, 2.05) is 0 Å². The SMILES string of the molecule is c1ccc(-c2ccc(N(c3ccc(-c4ccc(N(c5ccc(-c6ccccc6)cc5)c5cc6c7ccccc7ccc6c6ccccc56)cc4)cc3)c3cc4c5ccccc5ccc4c4ccccc34)cc2)cc1. The molecule has 74 heavy (non-hydrogen) atoms. The quantitative estimate of drug-likeness (QED) is 0.133. The molecule has 0 N–H and O–H groups in total. The molecule has 0 bridgehead atoms. The zero-order valence-corrected chi connectivity index (χ0v) is 40.6. The molecule has 0 saturated carbocycles. The van der Waals surface area contributed by atoms with E-state index in [9.17, 15) is 0 Å². The van der Waals surface area contributed by atoms with Crippen molar-refractivity contribution in [3.63, 3.8) is 0 Å². The normalized spacial score (nSPS) is 11.5. The highest BCUT2D eigenvalue weighted by Crippen LogP contribution is 2.47. The number of rotatable bonds is 9. The summed E-state index contributed by atoms with van der Waals surface area (Å²) in [7, 11) is 0. The zero-order valence-electron chi connectivity index (χ0n) is 40.6. The molecular formula is C72H48N2. The van der Waals surface area contributed by atoms with Gasteiger partial charge in [-0.2, -0.15) is 0 Å². The number of anilines is 6. The van der Waals surface area contributed by atoms with Gasteiger partial charge in [-0.1, -0.05) is 231 Å². The number of benzene rings is 14. The maximum absolute atomic E-state index is 2.43. The van der Waals surface area contributed by atoms with Gasteiger partial charge in [0.25, 0.3) is 0 Å². The van der Waals surface area contributed by atoms with E-state index in [1.165, 1.54) is 86.9 Å². The Hall–Kier alpha value is -9.76. The molecule has 2 nitrogen and oxygen atoms in total. The molecule has 0 amide bonds. The summed E-state index contributed by atoms with van der Waals surface area (Å²) in [5, 5.41) is 14.8. The first kappa shape index (κ1) is 43.1. The topological polar surface area (TPSA) is 6.48 Å². The molecule has 0 aromatic heterocycles. The van der Waals surface area contributed by atoms with Crippen molar-refractivity contribution in [3.05, 3.63) is 291 Å². The van der Waals surface area contributed by atoms with Crippen LogP contribution in [0.25, 0.3) is 98.0 Å². The van der Waals surface area contributed by atoms with E-state index < -0.39 is 0 Å². The minimum atomic E-state index is 1.09. The third-order valence-corrected chi connectivity index (χ3v) is 15.0. The second-order valence-corrected chi connectivity index (χ2v) is 19.2. The summed E-state index contributed by atoms with van der Waals surface area (Å²) in [6, 6.07) is 107. The molecule has 0 fully saturated rings. The highest BCUT2D eigenvalue weighted by Gasteiger charge is 2.21. The van der Waals surface area contributed by atoms with Crippen molar-refractivity contribution in [2.45, 2.75) is 0 Å². The van der Waals surface area contributed by atoms with Gasteiger partial charge < -0.3 is 9.80 Å². The molecule has 0 spiro atoms. The van der Waals surface area contributed by atoms with E-state index in [0.717, 1.165) is 45.3 Å². The van der Waals surface area contributed by atoms with Crippen LogP contribution < -0.4 is 9.80 Å². The molecular weight excluding hydrogens is 893 g/mol.